The summed E-state index contributed by atoms with van der Waals surface area (Å²) in [7, 11) is -4.97. The Labute approximate surface area is 177 Å². The van der Waals surface area contributed by atoms with Gasteiger partial charge >= 0.3 is 12.1 Å². The van der Waals surface area contributed by atoms with Crippen molar-refractivity contribution in [2.24, 2.45) is 0 Å². The smallest absolute Gasteiger partial charge is 0.417 e. The number of hydrogen-bond acceptors (Lipinski definition) is 6. The van der Waals surface area contributed by atoms with Crippen molar-refractivity contribution in [3.8, 4) is 11.1 Å². The highest BCUT2D eigenvalue weighted by atomic mass is 32.2. The molecule has 0 aliphatic heterocycles. The van der Waals surface area contributed by atoms with Crippen molar-refractivity contribution in [2.75, 3.05) is 6.61 Å². The van der Waals surface area contributed by atoms with Crippen LogP contribution in [0.1, 0.15) is 43.2 Å². The summed E-state index contributed by atoms with van der Waals surface area (Å²) in [4.78, 5) is 11.1. The minimum Gasteiger partial charge on any atom is -0.480 e. The number of nitrogens with zero attached hydrogens (tertiary/aromatic N) is 1. The van der Waals surface area contributed by atoms with Crippen molar-refractivity contribution in [3.05, 3.63) is 35.2 Å². The van der Waals surface area contributed by atoms with Gasteiger partial charge in [-0.15, -0.1) is 0 Å². The molecule has 7 nitrogen and oxygen atoms in total. The standard InChI is InChI=1S/C20H22F3NO6S/c1-4-29-16-6-5-9-19(16,18(25)26)31(27,28)15-8-7-13(10-14(15)20(21,22)23)17-11(2)24-30-12(17)3/h7-8,10,16H,4-6,9H2,1-3H3,(H,25,26). The molecule has 2 unspecified atom stereocenters. The molecule has 0 saturated heterocycles. The molecular weight excluding hydrogens is 439 g/mol. The van der Waals surface area contributed by atoms with Crippen LogP contribution in [0.4, 0.5) is 13.2 Å². The van der Waals surface area contributed by atoms with Gasteiger partial charge in [-0.2, -0.15) is 13.2 Å². The SMILES string of the molecule is CCOC1CCCC1(C(=O)O)S(=O)(=O)c1ccc(-c2c(C)noc2C)cc1C(F)(F)F. The molecule has 170 valence electrons. The van der Waals surface area contributed by atoms with Gasteiger partial charge in [-0.3, -0.25) is 4.79 Å². The third kappa shape index (κ3) is 3.63. The van der Waals surface area contributed by atoms with Gasteiger partial charge in [0.15, 0.2) is 14.6 Å². The van der Waals surface area contributed by atoms with Gasteiger partial charge in [-0.05, 0) is 57.7 Å². The highest BCUT2D eigenvalue weighted by molar-refractivity contribution is 7.93. The summed E-state index contributed by atoms with van der Waals surface area (Å²) in [6, 6.07) is 2.71. The molecular formula is C20H22F3NO6S. The first-order chi connectivity index (χ1) is 14.4. The number of carboxylic acids is 1. The zero-order chi connectivity index (χ0) is 23.2. The van der Waals surface area contributed by atoms with Gasteiger partial charge in [0.2, 0.25) is 0 Å². The lowest BCUT2D eigenvalue weighted by atomic mass is 10.0. The van der Waals surface area contributed by atoms with E-state index in [-0.39, 0.29) is 37.2 Å². The van der Waals surface area contributed by atoms with E-state index in [1.807, 2.05) is 0 Å². The molecule has 1 saturated carbocycles. The molecule has 3 rings (SSSR count). The van der Waals surface area contributed by atoms with Crippen molar-refractivity contribution in [3.63, 3.8) is 0 Å². The number of carbonyl (C=O) groups is 1. The van der Waals surface area contributed by atoms with Gasteiger partial charge in [-0.1, -0.05) is 11.2 Å². The van der Waals surface area contributed by atoms with Crippen LogP contribution in [0, 0.1) is 13.8 Å². The molecule has 2 atom stereocenters. The van der Waals surface area contributed by atoms with Gasteiger partial charge in [0.05, 0.1) is 22.3 Å². The molecule has 1 heterocycles. The van der Waals surface area contributed by atoms with Crippen LogP contribution in [0.5, 0.6) is 0 Å². The zero-order valence-electron chi connectivity index (χ0n) is 17.1. The lowest BCUT2D eigenvalue weighted by molar-refractivity contribution is -0.144. The fourth-order valence-corrected chi connectivity index (χ4v) is 6.54. The third-order valence-corrected chi connectivity index (χ3v) is 8.18. The number of halogens is 3. The second-order valence-electron chi connectivity index (χ2n) is 7.44. The molecule has 2 aromatic rings. The molecule has 11 heteroatoms. The summed E-state index contributed by atoms with van der Waals surface area (Å²) in [5.41, 5.74) is -0.710. The number of carboxylic acid groups (broad SMARTS) is 1. The Bertz CT molecular complexity index is 1090. The van der Waals surface area contributed by atoms with Crippen molar-refractivity contribution < 1.29 is 40.8 Å². The highest BCUT2D eigenvalue weighted by Gasteiger charge is 2.61. The van der Waals surface area contributed by atoms with Crippen molar-refractivity contribution in [1.29, 1.82) is 0 Å². The summed E-state index contributed by atoms with van der Waals surface area (Å²) >= 11 is 0. The molecule has 1 aliphatic rings. The second-order valence-corrected chi connectivity index (χ2v) is 9.62. The maximum Gasteiger partial charge on any atom is 0.417 e. The number of rotatable bonds is 6. The fourth-order valence-electron chi connectivity index (χ4n) is 4.26. The molecule has 31 heavy (non-hydrogen) atoms. The minimum atomic E-state index is -5.04. The first kappa shape index (κ1) is 23.3. The van der Waals surface area contributed by atoms with E-state index in [4.69, 9.17) is 9.26 Å². The molecule has 1 N–H and O–H groups in total. The molecule has 0 amide bonds. The summed E-state index contributed by atoms with van der Waals surface area (Å²) in [6.07, 6.45) is -6.30. The molecule has 1 fully saturated rings. The number of aliphatic carboxylic acids is 1. The summed E-state index contributed by atoms with van der Waals surface area (Å²) in [6.45, 7) is 4.68. The molecule has 1 aliphatic carbocycles. The molecule has 0 spiro atoms. The zero-order valence-corrected chi connectivity index (χ0v) is 17.9. The number of hydrogen-bond donors (Lipinski definition) is 1. The van der Waals surface area contributed by atoms with Crippen LogP contribution in [0.3, 0.4) is 0 Å². The normalized spacial score (nSPS) is 22.1. The maximum absolute atomic E-state index is 14.0. The monoisotopic (exact) mass is 461 g/mol. The summed E-state index contributed by atoms with van der Waals surface area (Å²) in [5.74, 6) is -1.44. The average Bonchev–Trinajstić information content (AvgIpc) is 3.25. The first-order valence-electron chi connectivity index (χ1n) is 9.62. The lowest BCUT2D eigenvalue weighted by Crippen LogP contribution is -2.53. The van der Waals surface area contributed by atoms with Gasteiger partial charge in [0.25, 0.3) is 0 Å². The van der Waals surface area contributed by atoms with Crippen LogP contribution < -0.4 is 0 Å². The van der Waals surface area contributed by atoms with Crippen molar-refractivity contribution in [1.82, 2.24) is 5.16 Å². The van der Waals surface area contributed by atoms with Gasteiger partial charge in [0.1, 0.15) is 5.76 Å². The molecule has 1 aromatic carbocycles. The van der Waals surface area contributed by atoms with Gasteiger partial charge < -0.3 is 14.4 Å². The Morgan fingerprint density at radius 2 is 2.03 bits per heavy atom. The van der Waals surface area contributed by atoms with Crippen LogP contribution >= 0.6 is 0 Å². The highest BCUT2D eigenvalue weighted by Crippen LogP contribution is 2.46. The first-order valence-corrected chi connectivity index (χ1v) is 11.1. The Kier molecular flexibility index (Phi) is 5.96. The van der Waals surface area contributed by atoms with E-state index in [1.165, 1.54) is 13.0 Å². The largest absolute Gasteiger partial charge is 0.480 e. The topological polar surface area (TPSA) is 107 Å². The van der Waals surface area contributed by atoms with Crippen LogP contribution in [0.25, 0.3) is 11.1 Å². The number of sulfone groups is 1. The number of benzene rings is 1. The van der Waals surface area contributed by atoms with E-state index < -0.39 is 43.3 Å². The van der Waals surface area contributed by atoms with Crippen LogP contribution in [0.15, 0.2) is 27.6 Å². The summed E-state index contributed by atoms with van der Waals surface area (Å²) < 4.78 is 76.8. The molecule has 0 radical (unpaired) electrons. The molecule has 0 bridgehead atoms. The Morgan fingerprint density at radius 3 is 2.55 bits per heavy atom. The van der Waals surface area contributed by atoms with E-state index in [1.54, 1.807) is 13.8 Å². The summed E-state index contributed by atoms with van der Waals surface area (Å²) in [5, 5.41) is 13.6. The van der Waals surface area contributed by atoms with Gasteiger partial charge in [-0.25, -0.2) is 8.42 Å². The Balaban J connectivity index is 2.27. The van der Waals surface area contributed by atoms with Crippen LogP contribution in [-0.2, 0) is 25.5 Å². The lowest BCUT2D eigenvalue weighted by Gasteiger charge is -2.31. The fraction of sp³-hybridized carbons (Fsp3) is 0.500. The van der Waals surface area contributed by atoms with Gasteiger partial charge in [0, 0.05) is 12.2 Å². The Hall–Kier alpha value is -2.40. The number of aryl methyl sites for hydroxylation is 2. The van der Waals surface area contributed by atoms with Crippen LogP contribution in [-0.4, -0.2) is 42.1 Å². The number of aromatic nitrogens is 1. The van der Waals surface area contributed by atoms with E-state index >= 15 is 0 Å². The van der Waals surface area contributed by atoms with E-state index in [2.05, 4.69) is 5.16 Å². The number of alkyl halides is 3. The van der Waals surface area contributed by atoms with E-state index in [9.17, 15) is 31.5 Å². The van der Waals surface area contributed by atoms with Crippen LogP contribution in [0.2, 0.25) is 0 Å². The number of ether oxygens (including phenoxy) is 1. The van der Waals surface area contributed by atoms with E-state index in [0.717, 1.165) is 6.07 Å². The Morgan fingerprint density at radius 1 is 1.35 bits per heavy atom. The maximum atomic E-state index is 14.0. The predicted octanol–water partition coefficient (Wildman–Crippen LogP) is 4.16. The van der Waals surface area contributed by atoms with Crippen molar-refractivity contribution >= 4 is 15.8 Å². The quantitative estimate of drug-likeness (QED) is 0.688. The average molecular weight is 461 g/mol. The molecule has 1 aromatic heterocycles. The minimum absolute atomic E-state index is 0.0341. The third-order valence-electron chi connectivity index (χ3n) is 5.64. The van der Waals surface area contributed by atoms with E-state index in [0.29, 0.717) is 17.3 Å². The van der Waals surface area contributed by atoms with Crippen molar-refractivity contribution in [2.45, 2.75) is 62.0 Å². The second kappa shape index (κ2) is 7.94. The predicted molar refractivity (Wildman–Crippen MR) is 103 cm³/mol.